The smallest absolute Gasteiger partial charge is 0.255 e. The fraction of sp³-hybridized carbons (Fsp3) is 0.391. The third kappa shape index (κ3) is 3.36. The molecule has 0 bridgehead atoms. The van der Waals surface area contributed by atoms with Crippen molar-refractivity contribution in [2.24, 2.45) is 17.6 Å². The first-order valence-electron chi connectivity index (χ1n) is 10.6. The van der Waals surface area contributed by atoms with Gasteiger partial charge in [-0.05, 0) is 17.5 Å². The number of rotatable bonds is 4. The summed E-state index contributed by atoms with van der Waals surface area (Å²) in [6.45, 7) is 1.59. The first-order chi connectivity index (χ1) is 16.3. The Hall–Kier alpha value is -2.73. The Morgan fingerprint density at radius 2 is 1.89 bits per heavy atom. The molecule has 0 saturated carbocycles. The lowest BCUT2D eigenvalue weighted by Gasteiger charge is -2.50. The van der Waals surface area contributed by atoms with Gasteiger partial charge in [0.2, 0.25) is 5.78 Å². The third-order valence-electron chi connectivity index (χ3n) is 7.19. The Balaban J connectivity index is 1.97. The van der Waals surface area contributed by atoms with Gasteiger partial charge < -0.3 is 31.3 Å². The highest BCUT2D eigenvalue weighted by Gasteiger charge is 2.64. The van der Waals surface area contributed by atoms with Gasteiger partial charge in [0.05, 0.1) is 17.0 Å². The molecule has 7 N–H and O–H groups in total. The van der Waals surface area contributed by atoms with E-state index < -0.39 is 81.8 Å². The van der Waals surface area contributed by atoms with Crippen molar-refractivity contribution < 1.29 is 44.7 Å². The minimum atomic E-state index is -2.91. The molecule has 186 valence electrons. The maximum absolute atomic E-state index is 13.6. The molecule has 0 unspecified atom stereocenters. The van der Waals surface area contributed by atoms with Crippen LogP contribution in [-0.2, 0) is 20.8 Å². The molecule has 0 heterocycles. The molecule has 35 heavy (non-hydrogen) atoms. The number of benzene rings is 1. The van der Waals surface area contributed by atoms with Gasteiger partial charge in [-0.3, -0.25) is 19.2 Å². The topological polar surface area (TPSA) is 195 Å². The molecule has 4 rings (SSSR count). The number of phenolic OH excluding ortho intramolecular Hbond substituents is 1. The van der Waals surface area contributed by atoms with Crippen LogP contribution in [0.5, 0.6) is 5.75 Å². The van der Waals surface area contributed by atoms with E-state index in [1.165, 1.54) is 6.07 Å². The number of halogens is 2. The number of carbonyl (C=O) groups excluding carboxylic acids is 4. The highest BCUT2D eigenvalue weighted by Crippen LogP contribution is 2.55. The monoisotopic (exact) mass is 569 g/mol. The molecule has 0 saturated heterocycles. The van der Waals surface area contributed by atoms with Crippen molar-refractivity contribution in [1.29, 1.82) is 0 Å². The second-order valence-corrected chi connectivity index (χ2v) is 9.96. The largest absolute Gasteiger partial charge is 0.511 e. The van der Waals surface area contributed by atoms with Crippen molar-refractivity contribution in [2.45, 2.75) is 37.4 Å². The molecule has 0 aliphatic heterocycles. The Morgan fingerprint density at radius 3 is 2.46 bits per heavy atom. The molecule has 5 atom stereocenters. The molecule has 12 heteroatoms. The Bertz CT molecular complexity index is 1290. The van der Waals surface area contributed by atoms with Gasteiger partial charge in [-0.25, -0.2) is 0 Å². The second kappa shape index (κ2) is 8.44. The number of aliphatic hydroxyl groups is 4. The summed E-state index contributed by atoms with van der Waals surface area (Å²) in [7, 11) is 0. The van der Waals surface area contributed by atoms with E-state index in [9.17, 15) is 44.7 Å². The number of aromatic hydroxyl groups is 1. The highest BCUT2D eigenvalue weighted by atomic mass is 79.9. The number of allylic oxidation sites excluding steroid dienone is 1. The van der Waals surface area contributed by atoms with Crippen LogP contribution in [-0.4, -0.2) is 65.8 Å². The summed E-state index contributed by atoms with van der Waals surface area (Å²) in [5.41, 5.74) is 0.719. The van der Waals surface area contributed by atoms with Crippen LogP contribution in [0.25, 0.3) is 0 Å². The van der Waals surface area contributed by atoms with E-state index in [4.69, 9.17) is 17.3 Å². The number of phenols is 1. The van der Waals surface area contributed by atoms with Gasteiger partial charge >= 0.3 is 0 Å². The Morgan fingerprint density at radius 1 is 1.26 bits per heavy atom. The summed E-state index contributed by atoms with van der Waals surface area (Å²) in [5.74, 6) is -9.96. The lowest BCUT2D eigenvalue weighted by atomic mass is 9.56. The molecule has 0 aromatic heterocycles. The molecular formula is C23H21BrClNO9. The van der Waals surface area contributed by atoms with Gasteiger partial charge in [0.25, 0.3) is 5.91 Å². The van der Waals surface area contributed by atoms with Crippen molar-refractivity contribution in [1.82, 2.24) is 0 Å². The van der Waals surface area contributed by atoms with Gasteiger partial charge in [0, 0.05) is 40.8 Å². The fourth-order valence-corrected chi connectivity index (χ4v) is 5.95. The van der Waals surface area contributed by atoms with E-state index in [0.717, 1.165) is 0 Å². The van der Waals surface area contributed by atoms with Gasteiger partial charge in [0.15, 0.2) is 11.4 Å². The number of amides is 1. The van der Waals surface area contributed by atoms with Crippen LogP contribution in [0.3, 0.4) is 0 Å². The first kappa shape index (κ1) is 25.4. The molecule has 1 aromatic rings. The van der Waals surface area contributed by atoms with Crippen molar-refractivity contribution in [3.8, 4) is 5.75 Å². The van der Waals surface area contributed by atoms with Crippen molar-refractivity contribution >= 4 is 50.8 Å². The van der Waals surface area contributed by atoms with Crippen LogP contribution in [0.1, 0.15) is 40.7 Å². The summed E-state index contributed by atoms with van der Waals surface area (Å²) in [5, 5.41) is 54.7. The van der Waals surface area contributed by atoms with Crippen LogP contribution in [0.4, 0.5) is 0 Å². The van der Waals surface area contributed by atoms with E-state index in [2.05, 4.69) is 15.9 Å². The average Bonchev–Trinajstić information content (AvgIpc) is 2.78. The van der Waals surface area contributed by atoms with E-state index >= 15 is 0 Å². The van der Waals surface area contributed by atoms with Crippen molar-refractivity contribution in [3.05, 3.63) is 50.4 Å². The van der Waals surface area contributed by atoms with E-state index in [-0.39, 0.29) is 39.2 Å². The number of hydrogen-bond donors (Lipinski definition) is 6. The van der Waals surface area contributed by atoms with Crippen LogP contribution in [0.2, 0.25) is 5.02 Å². The first-order valence-corrected chi connectivity index (χ1v) is 12.1. The molecule has 1 aromatic carbocycles. The second-order valence-electron chi connectivity index (χ2n) is 8.99. The van der Waals surface area contributed by atoms with Gasteiger partial charge in [-0.2, -0.15) is 0 Å². The molecule has 3 aliphatic rings. The highest BCUT2D eigenvalue weighted by molar-refractivity contribution is 9.09. The summed E-state index contributed by atoms with van der Waals surface area (Å²) >= 11 is 9.32. The minimum absolute atomic E-state index is 0.0143. The van der Waals surface area contributed by atoms with Gasteiger partial charge in [-0.1, -0.05) is 34.5 Å². The fourth-order valence-electron chi connectivity index (χ4n) is 5.48. The summed E-state index contributed by atoms with van der Waals surface area (Å²) in [6.07, 6.45) is -2.49. The van der Waals surface area contributed by atoms with E-state index in [0.29, 0.717) is 0 Å². The minimum Gasteiger partial charge on any atom is -0.511 e. The molecule has 0 spiro atoms. The maximum atomic E-state index is 13.6. The lowest BCUT2D eigenvalue weighted by Crippen LogP contribution is -2.62. The molecular weight excluding hydrogens is 550 g/mol. The summed E-state index contributed by atoms with van der Waals surface area (Å²) < 4.78 is 0. The molecule has 0 radical (unpaired) electrons. The van der Waals surface area contributed by atoms with E-state index in [1.54, 1.807) is 6.92 Å². The Kier molecular flexibility index (Phi) is 6.12. The molecule has 0 fully saturated rings. The summed E-state index contributed by atoms with van der Waals surface area (Å²) in [4.78, 5) is 50.3. The standard InChI is InChI=1S/C23H21BrClNO9/c1-6-8-3-11(25)9(2-7(27)5-24)17(29)14(8)19(31)16-13(6)18(30)10-4-12(28)15(22(26)34)20(32)23(10,35)21(16)33/h3,6,10,13,18,28-30,33,35H,2,4-5H2,1H3,(H2,26,34)/t6-,10+,13+,18+,23+/m0/s1. The number of fused-ring (bicyclic) bond motifs is 3. The average molecular weight is 571 g/mol. The third-order valence-corrected chi connectivity index (χ3v) is 8.16. The number of hydrogen-bond acceptors (Lipinski definition) is 9. The zero-order valence-corrected chi connectivity index (χ0v) is 20.6. The van der Waals surface area contributed by atoms with Gasteiger partial charge in [0.1, 0.15) is 28.6 Å². The number of Topliss-reactive ketones (excluding diaryl/α,β-unsaturated/α-hetero) is 3. The maximum Gasteiger partial charge on any atom is 0.255 e. The van der Waals surface area contributed by atoms with Gasteiger partial charge in [-0.15, -0.1) is 0 Å². The van der Waals surface area contributed by atoms with Crippen LogP contribution in [0, 0.1) is 11.8 Å². The predicted molar refractivity (Wildman–Crippen MR) is 124 cm³/mol. The number of nitrogens with two attached hydrogens (primary N) is 1. The predicted octanol–water partition coefficient (Wildman–Crippen LogP) is 1.27. The summed E-state index contributed by atoms with van der Waals surface area (Å²) in [6, 6.07) is 1.39. The molecule has 10 nitrogen and oxygen atoms in total. The molecule has 3 aliphatic carbocycles. The lowest BCUT2D eigenvalue weighted by molar-refractivity contribution is -0.154. The number of alkyl halides is 1. The Labute approximate surface area is 211 Å². The normalized spacial score (nSPS) is 30.1. The number of carbonyl (C=O) groups is 4. The van der Waals surface area contributed by atoms with E-state index in [1.807, 2.05) is 0 Å². The zero-order valence-electron chi connectivity index (χ0n) is 18.2. The van der Waals surface area contributed by atoms with Crippen LogP contribution < -0.4 is 5.73 Å². The number of aliphatic hydroxyl groups excluding tert-OH is 3. The molecule has 1 amide bonds. The zero-order chi connectivity index (χ0) is 26.1. The number of primary amides is 1. The number of ketones is 3. The van der Waals surface area contributed by atoms with Crippen molar-refractivity contribution in [3.63, 3.8) is 0 Å². The van der Waals surface area contributed by atoms with Crippen LogP contribution in [0.15, 0.2) is 28.7 Å². The van der Waals surface area contributed by atoms with Crippen molar-refractivity contribution in [2.75, 3.05) is 5.33 Å². The SMILES string of the molecule is C[C@H]1c2cc(Cl)c(CC(=O)CBr)c(O)c2C(=O)C2=C(O)[C@]3(O)C(=O)C(C(N)=O)=C(O)C[C@@H]3[C@@H](O)[C@@H]21. The van der Waals surface area contributed by atoms with Crippen LogP contribution >= 0.6 is 27.5 Å². The quantitative estimate of drug-likeness (QED) is 0.228.